The van der Waals surface area contributed by atoms with Crippen LogP contribution in [-0.2, 0) is 0 Å². The molecule has 1 saturated carbocycles. The number of halogens is 1. The van der Waals surface area contributed by atoms with Gasteiger partial charge in [0.25, 0.3) is 0 Å². The smallest absolute Gasteiger partial charge is 0.126 e. The van der Waals surface area contributed by atoms with Gasteiger partial charge in [0.1, 0.15) is 5.82 Å². The maximum Gasteiger partial charge on any atom is 0.126 e. The Bertz CT molecular complexity index is 433. The summed E-state index contributed by atoms with van der Waals surface area (Å²) in [5.41, 5.74) is 4.74. The van der Waals surface area contributed by atoms with E-state index in [1.807, 2.05) is 12.1 Å². The summed E-state index contributed by atoms with van der Waals surface area (Å²) < 4.78 is 13.4. The maximum atomic E-state index is 13.4. The summed E-state index contributed by atoms with van der Waals surface area (Å²) in [7, 11) is 0. The molecule has 4 atom stereocenters. The van der Waals surface area contributed by atoms with Gasteiger partial charge < -0.3 is 0 Å². The lowest BCUT2D eigenvalue weighted by Crippen LogP contribution is -2.37. The van der Waals surface area contributed by atoms with Gasteiger partial charge in [-0.15, -0.1) is 0 Å². The molecule has 19 heavy (non-hydrogen) atoms. The van der Waals surface area contributed by atoms with Crippen molar-refractivity contribution in [3.8, 4) is 0 Å². The Morgan fingerprint density at radius 2 is 2.00 bits per heavy atom. The maximum absolute atomic E-state index is 13.4. The molecular weight excluding hydrogens is 239 g/mol. The molecule has 3 N–H and O–H groups in total. The molecule has 0 bridgehead atoms. The molecule has 1 aliphatic rings. The van der Waals surface area contributed by atoms with E-state index in [1.54, 1.807) is 13.0 Å². The van der Waals surface area contributed by atoms with Crippen molar-refractivity contribution >= 4 is 0 Å². The van der Waals surface area contributed by atoms with Gasteiger partial charge in [0.2, 0.25) is 0 Å². The summed E-state index contributed by atoms with van der Waals surface area (Å²) in [5.74, 6) is 7.68. The van der Waals surface area contributed by atoms with Gasteiger partial charge >= 0.3 is 0 Å². The molecule has 0 saturated heterocycles. The zero-order chi connectivity index (χ0) is 14.0. The fraction of sp³-hybridized carbons (Fsp3) is 0.625. The van der Waals surface area contributed by atoms with Crippen LogP contribution in [0.1, 0.15) is 50.3 Å². The molecule has 0 spiro atoms. The Morgan fingerprint density at radius 3 is 2.58 bits per heavy atom. The van der Waals surface area contributed by atoms with Crippen LogP contribution >= 0.6 is 0 Å². The van der Waals surface area contributed by atoms with Crippen LogP contribution in [-0.4, -0.2) is 0 Å². The van der Waals surface area contributed by atoms with Crippen molar-refractivity contribution < 1.29 is 4.39 Å². The first kappa shape index (κ1) is 14.5. The fourth-order valence-corrected chi connectivity index (χ4v) is 3.26. The second kappa shape index (κ2) is 6.02. The number of hydrogen-bond donors (Lipinski definition) is 2. The third-order valence-electron chi connectivity index (χ3n) is 4.83. The van der Waals surface area contributed by atoms with Gasteiger partial charge in [-0.25, -0.2) is 4.39 Å². The Kier molecular flexibility index (Phi) is 4.58. The van der Waals surface area contributed by atoms with Gasteiger partial charge in [-0.1, -0.05) is 32.4 Å². The number of benzene rings is 1. The largest absolute Gasteiger partial charge is 0.271 e. The standard InChI is InChI=1S/C16H25FN2/c1-10-4-5-13(8-11(10)2)16(19-18)14-6-7-15(17)12(3)9-14/h6-7,9-11,13,16,19H,4-5,8,18H2,1-3H3. The summed E-state index contributed by atoms with van der Waals surface area (Å²) in [6.07, 6.45) is 3.63. The third kappa shape index (κ3) is 3.15. The number of nitrogens with two attached hydrogens (primary N) is 1. The minimum atomic E-state index is -0.148. The molecule has 0 radical (unpaired) electrons. The van der Waals surface area contributed by atoms with Crippen LogP contribution in [0.5, 0.6) is 0 Å². The molecular formula is C16H25FN2. The lowest BCUT2D eigenvalue weighted by atomic mass is 9.72. The van der Waals surface area contributed by atoms with Crippen LogP contribution in [0.3, 0.4) is 0 Å². The highest BCUT2D eigenvalue weighted by molar-refractivity contribution is 5.27. The quantitative estimate of drug-likeness (QED) is 0.645. The van der Waals surface area contributed by atoms with E-state index >= 15 is 0 Å². The first-order valence-electron chi connectivity index (χ1n) is 7.25. The predicted molar refractivity (Wildman–Crippen MR) is 76.9 cm³/mol. The molecule has 1 aliphatic carbocycles. The molecule has 0 aromatic heterocycles. The van der Waals surface area contributed by atoms with Gasteiger partial charge in [0.15, 0.2) is 0 Å². The topological polar surface area (TPSA) is 38.0 Å². The van der Waals surface area contributed by atoms with Crippen LogP contribution in [0.15, 0.2) is 18.2 Å². The molecule has 1 aromatic rings. The van der Waals surface area contributed by atoms with Crippen LogP contribution in [0.4, 0.5) is 4.39 Å². The summed E-state index contributed by atoms with van der Waals surface area (Å²) in [4.78, 5) is 0. The van der Waals surface area contributed by atoms with Gasteiger partial charge in [0.05, 0.1) is 0 Å². The molecule has 2 rings (SSSR count). The Balaban J connectivity index is 2.17. The van der Waals surface area contributed by atoms with Crippen LogP contribution in [0.25, 0.3) is 0 Å². The van der Waals surface area contributed by atoms with Crippen molar-refractivity contribution in [3.63, 3.8) is 0 Å². The molecule has 2 nitrogen and oxygen atoms in total. The first-order chi connectivity index (χ1) is 9.02. The number of nitrogens with one attached hydrogen (secondary N) is 1. The lowest BCUT2D eigenvalue weighted by molar-refractivity contribution is 0.171. The number of hydrazine groups is 1. The SMILES string of the molecule is Cc1cc(C(NN)C2CCC(C)C(C)C2)ccc1F. The van der Waals surface area contributed by atoms with Crippen molar-refractivity contribution in [1.29, 1.82) is 0 Å². The highest BCUT2D eigenvalue weighted by Gasteiger charge is 2.30. The Hall–Kier alpha value is -0.930. The van der Waals surface area contributed by atoms with E-state index in [2.05, 4.69) is 19.3 Å². The number of rotatable bonds is 3. The average molecular weight is 264 g/mol. The predicted octanol–water partition coefficient (Wildman–Crippen LogP) is 3.71. The van der Waals surface area contributed by atoms with E-state index in [0.717, 1.165) is 17.4 Å². The average Bonchev–Trinajstić information content (AvgIpc) is 2.39. The summed E-state index contributed by atoms with van der Waals surface area (Å²) in [6.45, 7) is 6.45. The van der Waals surface area contributed by atoms with E-state index in [4.69, 9.17) is 5.84 Å². The van der Waals surface area contributed by atoms with Gasteiger partial charge in [-0.2, -0.15) is 0 Å². The van der Waals surface area contributed by atoms with Gasteiger partial charge in [-0.3, -0.25) is 11.3 Å². The van der Waals surface area contributed by atoms with E-state index in [9.17, 15) is 4.39 Å². The van der Waals surface area contributed by atoms with Crippen LogP contribution in [0.2, 0.25) is 0 Å². The Labute approximate surface area is 115 Å². The number of hydrogen-bond acceptors (Lipinski definition) is 2. The minimum Gasteiger partial charge on any atom is -0.271 e. The molecule has 4 unspecified atom stereocenters. The van der Waals surface area contributed by atoms with Crippen molar-refractivity contribution in [3.05, 3.63) is 35.1 Å². The minimum absolute atomic E-state index is 0.134. The third-order valence-corrected chi connectivity index (χ3v) is 4.83. The van der Waals surface area contributed by atoms with Crippen molar-refractivity contribution in [2.45, 2.75) is 46.1 Å². The van der Waals surface area contributed by atoms with Gasteiger partial charge in [0, 0.05) is 6.04 Å². The van der Waals surface area contributed by atoms with Crippen molar-refractivity contribution in [2.75, 3.05) is 0 Å². The van der Waals surface area contributed by atoms with E-state index in [0.29, 0.717) is 11.5 Å². The number of aryl methyl sites for hydroxylation is 1. The Morgan fingerprint density at radius 1 is 1.26 bits per heavy atom. The zero-order valence-corrected chi connectivity index (χ0v) is 12.1. The van der Waals surface area contributed by atoms with Crippen molar-refractivity contribution in [1.82, 2.24) is 5.43 Å². The molecule has 0 aliphatic heterocycles. The summed E-state index contributed by atoms with van der Waals surface area (Å²) >= 11 is 0. The monoisotopic (exact) mass is 264 g/mol. The molecule has 0 heterocycles. The van der Waals surface area contributed by atoms with Crippen LogP contribution in [0, 0.1) is 30.5 Å². The first-order valence-corrected chi connectivity index (χ1v) is 7.25. The molecule has 1 aromatic carbocycles. The second-order valence-electron chi connectivity index (χ2n) is 6.18. The van der Waals surface area contributed by atoms with E-state index < -0.39 is 0 Å². The van der Waals surface area contributed by atoms with E-state index in [1.165, 1.54) is 19.3 Å². The molecule has 3 heteroatoms. The summed E-state index contributed by atoms with van der Waals surface area (Å²) in [5, 5.41) is 0. The highest BCUT2D eigenvalue weighted by Crippen LogP contribution is 2.39. The summed E-state index contributed by atoms with van der Waals surface area (Å²) in [6, 6.07) is 5.46. The normalized spacial score (nSPS) is 29.2. The zero-order valence-electron chi connectivity index (χ0n) is 12.1. The second-order valence-corrected chi connectivity index (χ2v) is 6.18. The molecule has 0 amide bonds. The lowest BCUT2D eigenvalue weighted by Gasteiger charge is -2.36. The van der Waals surface area contributed by atoms with Crippen molar-refractivity contribution in [2.24, 2.45) is 23.6 Å². The van der Waals surface area contributed by atoms with E-state index in [-0.39, 0.29) is 11.9 Å². The molecule has 1 fully saturated rings. The van der Waals surface area contributed by atoms with Gasteiger partial charge in [-0.05, 0) is 54.7 Å². The molecule has 106 valence electrons. The highest BCUT2D eigenvalue weighted by atomic mass is 19.1. The fourth-order valence-electron chi connectivity index (χ4n) is 3.26. The van der Waals surface area contributed by atoms with Crippen LogP contribution < -0.4 is 11.3 Å².